The Hall–Kier alpha value is -1.65. The minimum Gasteiger partial charge on any atom is -0.535 e. The fourth-order valence-electron chi connectivity index (χ4n) is 2.40. The number of carbonyl (C=O) groups is 1. The smallest absolute Gasteiger partial charge is 0.535 e. The number of thioether (sulfide) groups is 2. The van der Waals surface area contributed by atoms with E-state index in [2.05, 4.69) is 10.2 Å². The Kier molecular flexibility index (Phi) is 4.56. The lowest BCUT2D eigenvalue weighted by Gasteiger charge is -2.28. The van der Waals surface area contributed by atoms with E-state index in [9.17, 15) is 14.9 Å². The molecule has 0 saturated heterocycles. The van der Waals surface area contributed by atoms with Crippen molar-refractivity contribution in [3.05, 3.63) is 29.6 Å². The second kappa shape index (κ2) is 6.46. The van der Waals surface area contributed by atoms with E-state index in [-0.39, 0.29) is 16.5 Å². The number of carboxylic acid groups (broad SMARTS) is 1. The molecule has 120 valence electrons. The Morgan fingerprint density at radius 2 is 2.30 bits per heavy atom. The number of rotatable bonds is 4. The molecule has 0 unspecified atom stereocenters. The van der Waals surface area contributed by atoms with E-state index in [1.54, 1.807) is 23.2 Å². The first kappa shape index (κ1) is 16.2. The summed E-state index contributed by atoms with van der Waals surface area (Å²) < 4.78 is 7.31. The van der Waals surface area contributed by atoms with Gasteiger partial charge >= 0.3 is 13.1 Å². The maximum absolute atomic E-state index is 11.5. The van der Waals surface area contributed by atoms with Crippen LogP contribution in [0.15, 0.2) is 28.5 Å². The Balaban J connectivity index is 1.93. The molecule has 7 nitrogen and oxygen atoms in total. The lowest BCUT2D eigenvalue weighted by atomic mass is 9.77. The molecule has 0 saturated carbocycles. The molecule has 0 bridgehead atoms. The first-order valence-corrected chi connectivity index (χ1v) is 8.90. The maximum atomic E-state index is 11.5. The summed E-state index contributed by atoms with van der Waals surface area (Å²) in [4.78, 5) is 12.2. The number of hydrogen-bond donors (Lipinski definition) is 2. The molecule has 1 atom stereocenters. The third-order valence-corrected chi connectivity index (χ3v) is 5.60. The Labute approximate surface area is 141 Å². The van der Waals surface area contributed by atoms with Crippen molar-refractivity contribution in [2.45, 2.75) is 21.6 Å². The van der Waals surface area contributed by atoms with Gasteiger partial charge in [0.05, 0.1) is 5.15 Å². The number of aromatic nitrogens is 3. The van der Waals surface area contributed by atoms with Gasteiger partial charge in [-0.15, -0.1) is 22.0 Å². The summed E-state index contributed by atoms with van der Waals surface area (Å²) in [6, 6.07) is 3.63. The first-order chi connectivity index (χ1) is 11.0. The van der Waals surface area contributed by atoms with Crippen LogP contribution in [0, 0.1) is 0 Å². The predicted octanol–water partition coefficient (Wildman–Crippen LogP) is 1.35. The van der Waals surface area contributed by atoms with Gasteiger partial charge in [0.1, 0.15) is 17.6 Å². The van der Waals surface area contributed by atoms with Gasteiger partial charge in [-0.1, -0.05) is 17.8 Å². The molecule has 3 rings (SSSR count). The normalized spacial score (nSPS) is 16.8. The van der Waals surface area contributed by atoms with Crippen molar-refractivity contribution in [1.82, 2.24) is 14.8 Å². The molecule has 0 aliphatic carbocycles. The van der Waals surface area contributed by atoms with Gasteiger partial charge in [-0.25, -0.2) is 4.79 Å². The van der Waals surface area contributed by atoms with Gasteiger partial charge in [0, 0.05) is 11.9 Å². The van der Waals surface area contributed by atoms with Crippen molar-refractivity contribution in [1.29, 1.82) is 0 Å². The van der Waals surface area contributed by atoms with Crippen LogP contribution in [-0.4, -0.2) is 49.4 Å². The number of carboxylic acids is 1. The monoisotopic (exact) mass is 351 g/mol. The van der Waals surface area contributed by atoms with E-state index < -0.39 is 13.1 Å². The molecule has 0 amide bonds. The van der Waals surface area contributed by atoms with Crippen molar-refractivity contribution in [2.75, 3.05) is 6.26 Å². The second-order valence-electron chi connectivity index (χ2n) is 5.03. The summed E-state index contributed by atoms with van der Waals surface area (Å²) in [6.45, 7) is 0. The largest absolute Gasteiger partial charge is 0.537 e. The molecule has 1 aliphatic rings. The highest BCUT2D eigenvalue weighted by atomic mass is 32.2. The van der Waals surface area contributed by atoms with E-state index in [1.165, 1.54) is 23.5 Å². The predicted molar refractivity (Wildman–Crippen MR) is 88.1 cm³/mol. The minimum absolute atomic E-state index is 0.108. The molecular formula is C13H14BN3O4S2. The second-order valence-corrected chi connectivity index (χ2v) is 7.08. The van der Waals surface area contributed by atoms with Crippen molar-refractivity contribution in [3.8, 4) is 5.75 Å². The maximum Gasteiger partial charge on any atom is 0.537 e. The number of nitrogens with zero attached hydrogens (tertiary/aromatic N) is 3. The molecule has 0 fully saturated rings. The molecule has 2 aromatic rings. The standard InChI is InChI=1S/C13H14BN3O4S2/c1-17-6-15-16-13(17)23-9-5-7-3-4-8(22-2)10(12(18)19)11(7)21-14(9)20/h3-4,6,9,20H,5H2,1-2H3,(H,18,19)/t9-/m0/s1. The molecule has 0 radical (unpaired) electrons. The van der Waals surface area contributed by atoms with Crippen LogP contribution >= 0.6 is 23.5 Å². The van der Waals surface area contributed by atoms with E-state index in [0.717, 1.165) is 5.56 Å². The van der Waals surface area contributed by atoms with Gasteiger partial charge in [0.15, 0.2) is 5.16 Å². The lowest BCUT2D eigenvalue weighted by Crippen LogP contribution is -2.41. The van der Waals surface area contributed by atoms with Crippen LogP contribution in [0.5, 0.6) is 5.75 Å². The summed E-state index contributed by atoms with van der Waals surface area (Å²) in [7, 11) is 0.707. The van der Waals surface area contributed by atoms with Crippen molar-refractivity contribution < 1.29 is 19.6 Å². The number of benzene rings is 1. The summed E-state index contributed by atoms with van der Waals surface area (Å²) in [6.07, 6.45) is 3.88. The number of aromatic carboxylic acids is 1. The molecule has 0 spiro atoms. The molecule has 10 heteroatoms. The number of aryl methyl sites for hydroxylation is 1. The van der Waals surface area contributed by atoms with Gasteiger partial charge < -0.3 is 19.4 Å². The number of hydrogen-bond acceptors (Lipinski definition) is 7. The van der Waals surface area contributed by atoms with Crippen LogP contribution in [0.2, 0.25) is 0 Å². The molecule has 2 heterocycles. The van der Waals surface area contributed by atoms with Crippen molar-refractivity contribution in [2.24, 2.45) is 7.05 Å². The fraction of sp³-hybridized carbons (Fsp3) is 0.308. The van der Waals surface area contributed by atoms with Crippen LogP contribution in [0.1, 0.15) is 15.9 Å². The van der Waals surface area contributed by atoms with Crippen LogP contribution in [0.4, 0.5) is 0 Å². The molecule has 1 aromatic heterocycles. The molecular weight excluding hydrogens is 337 g/mol. The van der Waals surface area contributed by atoms with Crippen LogP contribution in [-0.2, 0) is 13.5 Å². The third kappa shape index (κ3) is 3.06. The zero-order valence-corrected chi connectivity index (χ0v) is 14.1. The highest BCUT2D eigenvalue weighted by Gasteiger charge is 2.39. The Bertz CT molecular complexity index is 755. The van der Waals surface area contributed by atoms with Gasteiger partial charge in [0.25, 0.3) is 0 Å². The van der Waals surface area contributed by atoms with Gasteiger partial charge in [-0.3, -0.25) is 0 Å². The van der Waals surface area contributed by atoms with E-state index in [0.29, 0.717) is 16.5 Å². The van der Waals surface area contributed by atoms with Gasteiger partial charge in [0.2, 0.25) is 0 Å². The minimum atomic E-state index is -1.11. The summed E-state index contributed by atoms with van der Waals surface area (Å²) in [5, 5.41) is 27.9. The van der Waals surface area contributed by atoms with Gasteiger partial charge in [-0.05, 0) is 24.3 Å². The van der Waals surface area contributed by atoms with E-state index in [4.69, 9.17) is 4.65 Å². The molecule has 23 heavy (non-hydrogen) atoms. The van der Waals surface area contributed by atoms with Crippen LogP contribution in [0.25, 0.3) is 0 Å². The highest BCUT2D eigenvalue weighted by molar-refractivity contribution is 8.01. The Morgan fingerprint density at radius 1 is 1.52 bits per heavy atom. The zero-order chi connectivity index (χ0) is 16.6. The lowest BCUT2D eigenvalue weighted by molar-refractivity contribution is 0.0690. The molecule has 1 aromatic carbocycles. The average molecular weight is 351 g/mol. The third-order valence-electron chi connectivity index (χ3n) is 3.54. The first-order valence-electron chi connectivity index (χ1n) is 6.79. The zero-order valence-electron chi connectivity index (χ0n) is 12.5. The quantitative estimate of drug-likeness (QED) is 0.629. The van der Waals surface area contributed by atoms with Crippen molar-refractivity contribution >= 4 is 36.6 Å². The van der Waals surface area contributed by atoms with Crippen molar-refractivity contribution in [3.63, 3.8) is 0 Å². The molecule has 1 aliphatic heterocycles. The average Bonchev–Trinajstić information content (AvgIpc) is 2.92. The topological polar surface area (TPSA) is 97.5 Å². The summed E-state index contributed by atoms with van der Waals surface area (Å²) >= 11 is 2.69. The van der Waals surface area contributed by atoms with E-state index in [1.807, 2.05) is 13.1 Å². The van der Waals surface area contributed by atoms with E-state index >= 15 is 0 Å². The SMILES string of the molecule is CSc1ccc2c(c1C(=O)O)OB(O)[C@@H](Sc1nncn1C)C2. The molecule has 2 N–H and O–H groups in total. The highest BCUT2D eigenvalue weighted by Crippen LogP contribution is 2.39. The summed E-state index contributed by atoms with van der Waals surface area (Å²) in [5.74, 6) is -0.801. The van der Waals surface area contributed by atoms with Gasteiger partial charge in [-0.2, -0.15) is 0 Å². The fourth-order valence-corrected chi connectivity index (χ4v) is 4.01. The van der Waals surface area contributed by atoms with Crippen LogP contribution in [0.3, 0.4) is 0 Å². The van der Waals surface area contributed by atoms with Crippen LogP contribution < -0.4 is 4.65 Å². The Morgan fingerprint density at radius 3 is 2.91 bits per heavy atom. The summed E-state index contributed by atoms with van der Waals surface area (Å²) in [5.41, 5.74) is 0.876. The number of fused-ring (bicyclic) bond motifs is 1.